The molecule has 1 aliphatic heterocycles. The molecule has 1 aromatic heterocycles. The van der Waals surface area contributed by atoms with E-state index in [0.717, 1.165) is 26.2 Å². The molecule has 1 fully saturated rings. The van der Waals surface area contributed by atoms with E-state index in [2.05, 4.69) is 29.2 Å². The van der Waals surface area contributed by atoms with Crippen LogP contribution >= 0.6 is 0 Å². The molecule has 94 valence electrons. The number of morpholine rings is 1. The van der Waals surface area contributed by atoms with E-state index in [-0.39, 0.29) is 0 Å². The Bertz CT molecular complexity index is 331. The first kappa shape index (κ1) is 12.5. The van der Waals surface area contributed by atoms with Crippen molar-refractivity contribution in [2.75, 3.05) is 33.3 Å². The standard InChI is InChI=1S/C13H21N3O/c1-11(12-3-5-14-6-4-12)15-9-13-10-16(2)7-8-17-13/h3-6,11,13,15H,7-10H2,1-2H3. The molecule has 1 N–H and O–H groups in total. The van der Waals surface area contributed by atoms with E-state index < -0.39 is 0 Å². The van der Waals surface area contributed by atoms with Crippen molar-refractivity contribution in [3.05, 3.63) is 30.1 Å². The van der Waals surface area contributed by atoms with E-state index in [1.54, 1.807) is 0 Å². The maximum Gasteiger partial charge on any atom is 0.0826 e. The molecule has 4 heteroatoms. The van der Waals surface area contributed by atoms with Crippen LogP contribution in [0, 0.1) is 0 Å². The summed E-state index contributed by atoms with van der Waals surface area (Å²) >= 11 is 0. The van der Waals surface area contributed by atoms with Crippen LogP contribution in [0.25, 0.3) is 0 Å². The van der Waals surface area contributed by atoms with Crippen molar-refractivity contribution in [1.29, 1.82) is 0 Å². The zero-order valence-corrected chi connectivity index (χ0v) is 10.6. The van der Waals surface area contributed by atoms with Gasteiger partial charge in [-0.05, 0) is 31.7 Å². The van der Waals surface area contributed by atoms with Crippen molar-refractivity contribution in [3.8, 4) is 0 Å². The second-order valence-electron chi connectivity index (χ2n) is 4.67. The lowest BCUT2D eigenvalue weighted by molar-refractivity contribution is -0.0190. The first-order chi connectivity index (χ1) is 8.25. The molecule has 0 aromatic carbocycles. The highest BCUT2D eigenvalue weighted by Crippen LogP contribution is 2.11. The van der Waals surface area contributed by atoms with Gasteiger partial charge < -0.3 is 15.0 Å². The lowest BCUT2D eigenvalue weighted by Gasteiger charge is -2.31. The SMILES string of the molecule is CC(NCC1CN(C)CCO1)c1ccncc1. The van der Waals surface area contributed by atoms with E-state index in [9.17, 15) is 0 Å². The van der Waals surface area contributed by atoms with Crippen molar-refractivity contribution in [3.63, 3.8) is 0 Å². The number of ether oxygens (including phenoxy) is 1. The number of pyridine rings is 1. The zero-order valence-electron chi connectivity index (χ0n) is 10.6. The summed E-state index contributed by atoms with van der Waals surface area (Å²) in [5.41, 5.74) is 1.27. The Hall–Kier alpha value is -0.970. The summed E-state index contributed by atoms with van der Waals surface area (Å²) in [6.45, 7) is 5.95. The number of hydrogen-bond donors (Lipinski definition) is 1. The van der Waals surface area contributed by atoms with Crippen LogP contribution in [0.5, 0.6) is 0 Å². The molecule has 2 rings (SSSR count). The second-order valence-corrected chi connectivity index (χ2v) is 4.67. The molecule has 0 radical (unpaired) electrons. The first-order valence-electron chi connectivity index (χ1n) is 6.19. The zero-order chi connectivity index (χ0) is 12.1. The van der Waals surface area contributed by atoms with Gasteiger partial charge in [-0.25, -0.2) is 0 Å². The molecule has 1 aliphatic rings. The molecular weight excluding hydrogens is 214 g/mol. The van der Waals surface area contributed by atoms with Crippen molar-refractivity contribution in [1.82, 2.24) is 15.2 Å². The normalized spacial score (nSPS) is 23.5. The van der Waals surface area contributed by atoms with E-state index >= 15 is 0 Å². The maximum absolute atomic E-state index is 5.72. The number of nitrogens with one attached hydrogen (secondary N) is 1. The number of aromatic nitrogens is 1. The Morgan fingerprint density at radius 3 is 3.00 bits per heavy atom. The van der Waals surface area contributed by atoms with Crippen LogP contribution in [0.2, 0.25) is 0 Å². The molecular formula is C13H21N3O. The third-order valence-corrected chi connectivity index (χ3v) is 3.20. The molecule has 2 unspecified atom stereocenters. The predicted octanol–water partition coefficient (Wildman–Crippen LogP) is 1.06. The molecule has 1 saturated heterocycles. The van der Waals surface area contributed by atoms with Gasteiger partial charge >= 0.3 is 0 Å². The highest BCUT2D eigenvalue weighted by Gasteiger charge is 2.18. The van der Waals surface area contributed by atoms with Gasteiger partial charge in [0.05, 0.1) is 12.7 Å². The van der Waals surface area contributed by atoms with Gasteiger partial charge in [0.25, 0.3) is 0 Å². The molecule has 0 spiro atoms. The Balaban J connectivity index is 1.78. The third kappa shape index (κ3) is 3.77. The summed E-state index contributed by atoms with van der Waals surface area (Å²) in [4.78, 5) is 6.34. The smallest absolute Gasteiger partial charge is 0.0826 e. The van der Waals surface area contributed by atoms with Gasteiger partial charge in [0.1, 0.15) is 0 Å². The molecule has 0 amide bonds. The van der Waals surface area contributed by atoms with Crippen molar-refractivity contribution in [2.45, 2.75) is 19.1 Å². The highest BCUT2D eigenvalue weighted by atomic mass is 16.5. The van der Waals surface area contributed by atoms with Gasteiger partial charge in [-0.2, -0.15) is 0 Å². The summed E-state index contributed by atoms with van der Waals surface area (Å²) < 4.78 is 5.72. The van der Waals surface area contributed by atoms with Crippen LogP contribution in [0.15, 0.2) is 24.5 Å². The lowest BCUT2D eigenvalue weighted by Crippen LogP contribution is -2.45. The Morgan fingerprint density at radius 1 is 1.53 bits per heavy atom. The topological polar surface area (TPSA) is 37.4 Å². The van der Waals surface area contributed by atoms with Gasteiger partial charge in [0.2, 0.25) is 0 Å². The first-order valence-corrected chi connectivity index (χ1v) is 6.19. The lowest BCUT2D eigenvalue weighted by atomic mass is 10.1. The largest absolute Gasteiger partial charge is 0.374 e. The maximum atomic E-state index is 5.72. The Morgan fingerprint density at radius 2 is 2.29 bits per heavy atom. The molecule has 1 aromatic rings. The van der Waals surface area contributed by atoms with Crippen LogP contribution in [0.3, 0.4) is 0 Å². The predicted molar refractivity (Wildman–Crippen MR) is 67.9 cm³/mol. The quantitative estimate of drug-likeness (QED) is 0.847. The van der Waals surface area contributed by atoms with Gasteiger partial charge in [-0.3, -0.25) is 4.98 Å². The fourth-order valence-corrected chi connectivity index (χ4v) is 2.07. The molecule has 4 nitrogen and oxygen atoms in total. The van der Waals surface area contributed by atoms with E-state index in [4.69, 9.17) is 4.74 Å². The minimum atomic E-state index is 0.304. The fraction of sp³-hybridized carbons (Fsp3) is 0.615. The summed E-state index contributed by atoms with van der Waals surface area (Å²) in [5.74, 6) is 0. The van der Waals surface area contributed by atoms with Gasteiger partial charge in [-0.15, -0.1) is 0 Å². The van der Waals surface area contributed by atoms with Crippen molar-refractivity contribution < 1.29 is 4.74 Å². The summed E-state index contributed by atoms with van der Waals surface area (Å²) in [6.07, 6.45) is 3.97. The van der Waals surface area contributed by atoms with Crippen molar-refractivity contribution in [2.24, 2.45) is 0 Å². The summed E-state index contributed by atoms with van der Waals surface area (Å²) in [5, 5.41) is 3.51. The Kier molecular flexibility index (Phi) is 4.48. The van der Waals surface area contributed by atoms with Gasteiger partial charge in [-0.1, -0.05) is 0 Å². The average molecular weight is 235 g/mol. The van der Waals surface area contributed by atoms with Crippen LogP contribution in [0.4, 0.5) is 0 Å². The van der Waals surface area contributed by atoms with Crippen LogP contribution in [0.1, 0.15) is 18.5 Å². The third-order valence-electron chi connectivity index (χ3n) is 3.20. The number of likely N-dealkylation sites (N-methyl/N-ethyl adjacent to an activating group) is 1. The Labute approximate surface area is 103 Å². The molecule has 0 aliphatic carbocycles. The second kappa shape index (κ2) is 6.10. The fourth-order valence-electron chi connectivity index (χ4n) is 2.07. The highest BCUT2D eigenvalue weighted by molar-refractivity contribution is 5.13. The van der Waals surface area contributed by atoms with Crippen molar-refractivity contribution >= 4 is 0 Å². The van der Waals surface area contributed by atoms with Crippen LogP contribution < -0.4 is 5.32 Å². The summed E-state index contributed by atoms with van der Waals surface area (Å²) in [7, 11) is 2.14. The molecule has 2 atom stereocenters. The molecule has 2 heterocycles. The molecule has 17 heavy (non-hydrogen) atoms. The summed E-state index contributed by atoms with van der Waals surface area (Å²) in [6, 6.07) is 4.44. The number of nitrogens with zero attached hydrogens (tertiary/aromatic N) is 2. The van der Waals surface area contributed by atoms with Crippen LogP contribution in [-0.2, 0) is 4.74 Å². The van der Waals surface area contributed by atoms with Gasteiger partial charge in [0, 0.05) is 38.1 Å². The average Bonchev–Trinajstić information content (AvgIpc) is 2.37. The van der Waals surface area contributed by atoms with Crippen LogP contribution in [-0.4, -0.2) is 49.3 Å². The minimum Gasteiger partial charge on any atom is -0.374 e. The molecule has 0 bridgehead atoms. The van der Waals surface area contributed by atoms with E-state index in [1.165, 1.54) is 5.56 Å². The monoisotopic (exact) mass is 235 g/mol. The molecule has 0 saturated carbocycles. The van der Waals surface area contributed by atoms with Gasteiger partial charge in [0.15, 0.2) is 0 Å². The number of hydrogen-bond acceptors (Lipinski definition) is 4. The minimum absolute atomic E-state index is 0.304. The van der Waals surface area contributed by atoms with E-state index in [0.29, 0.717) is 12.1 Å². The number of rotatable bonds is 4. The van der Waals surface area contributed by atoms with E-state index in [1.807, 2.05) is 24.5 Å².